The summed E-state index contributed by atoms with van der Waals surface area (Å²) in [5.74, 6) is -0.307. The van der Waals surface area contributed by atoms with Crippen molar-refractivity contribution in [1.29, 1.82) is 0 Å². The van der Waals surface area contributed by atoms with Crippen molar-refractivity contribution in [1.82, 2.24) is 9.47 Å². The van der Waals surface area contributed by atoms with Crippen molar-refractivity contribution in [2.45, 2.75) is 47.5 Å². The number of fused-ring (bicyclic) bond motifs is 1. The Kier molecular flexibility index (Phi) is 5.28. The number of rotatable bonds is 4. The zero-order valence-corrected chi connectivity index (χ0v) is 17.3. The van der Waals surface area contributed by atoms with Gasteiger partial charge in [-0.15, -0.1) is 0 Å². The fraction of sp³-hybridized carbons (Fsp3) is 0.435. The molecule has 0 fully saturated rings. The molecule has 3 rings (SSSR count). The lowest BCUT2D eigenvalue weighted by Crippen LogP contribution is -2.40. The van der Waals surface area contributed by atoms with Crippen LogP contribution in [0.5, 0.6) is 0 Å². The number of nitrogens with zero attached hydrogens (tertiary/aromatic N) is 2. The first-order chi connectivity index (χ1) is 13.2. The highest BCUT2D eigenvalue weighted by Crippen LogP contribution is 2.36. The number of aryl methyl sites for hydroxylation is 1. The molecule has 0 spiro atoms. The van der Waals surface area contributed by atoms with Gasteiger partial charge in [0, 0.05) is 37.0 Å². The molecule has 0 N–H and O–H groups in total. The van der Waals surface area contributed by atoms with Crippen molar-refractivity contribution in [3.63, 3.8) is 0 Å². The van der Waals surface area contributed by atoms with Gasteiger partial charge in [-0.05, 0) is 50.3 Å². The minimum absolute atomic E-state index is 0.0132. The Balaban J connectivity index is 2.32. The number of pyridine rings is 1. The molecule has 1 amide bonds. The van der Waals surface area contributed by atoms with Crippen LogP contribution < -0.4 is 5.56 Å². The summed E-state index contributed by atoms with van der Waals surface area (Å²) in [6, 6.07) is 7.51. The molecule has 0 atom stereocenters. The van der Waals surface area contributed by atoms with Crippen LogP contribution in [-0.2, 0) is 6.42 Å². The first-order valence-electron chi connectivity index (χ1n) is 9.86. The first-order valence-corrected chi connectivity index (χ1v) is 9.86. The number of hydrogen-bond acceptors (Lipinski definition) is 3. The highest BCUT2D eigenvalue weighted by Gasteiger charge is 2.36. The van der Waals surface area contributed by atoms with Crippen LogP contribution in [0.1, 0.15) is 66.0 Å². The molecule has 1 aliphatic rings. The SMILES string of the molecule is CCN(CC)C(=O)c1c2c(cn(-c3ccc(C)cc3)c1=O)C(=O)CC(C)(C)C2. The van der Waals surface area contributed by atoms with E-state index in [1.54, 1.807) is 11.1 Å². The Bertz CT molecular complexity index is 980. The van der Waals surface area contributed by atoms with Crippen molar-refractivity contribution in [2.75, 3.05) is 13.1 Å². The number of carbonyl (C=O) groups excluding carboxylic acids is 2. The second-order valence-electron chi connectivity index (χ2n) is 8.33. The molecule has 1 heterocycles. The van der Waals surface area contributed by atoms with E-state index in [1.165, 1.54) is 4.57 Å². The number of amides is 1. The summed E-state index contributed by atoms with van der Waals surface area (Å²) in [5.41, 5.74) is 2.34. The summed E-state index contributed by atoms with van der Waals surface area (Å²) in [5, 5.41) is 0. The second-order valence-corrected chi connectivity index (χ2v) is 8.33. The third-order valence-corrected chi connectivity index (χ3v) is 5.49. The Morgan fingerprint density at radius 1 is 1.07 bits per heavy atom. The lowest BCUT2D eigenvalue weighted by molar-refractivity contribution is 0.0768. The van der Waals surface area contributed by atoms with Gasteiger partial charge in [-0.2, -0.15) is 0 Å². The molecule has 1 aliphatic carbocycles. The quantitative estimate of drug-likeness (QED) is 0.811. The molecule has 5 heteroatoms. The average molecular weight is 380 g/mol. The zero-order valence-electron chi connectivity index (χ0n) is 17.3. The lowest BCUT2D eigenvalue weighted by Gasteiger charge is -2.32. The molecule has 0 unspecified atom stereocenters. The van der Waals surface area contributed by atoms with Gasteiger partial charge in [-0.25, -0.2) is 0 Å². The second kappa shape index (κ2) is 7.38. The summed E-state index contributed by atoms with van der Waals surface area (Å²) >= 11 is 0. The van der Waals surface area contributed by atoms with Gasteiger partial charge in [-0.1, -0.05) is 31.5 Å². The number of ketones is 1. The normalized spacial score (nSPS) is 15.2. The van der Waals surface area contributed by atoms with Crippen LogP contribution in [-0.4, -0.2) is 34.2 Å². The van der Waals surface area contributed by atoms with Crippen molar-refractivity contribution in [3.8, 4) is 5.69 Å². The van der Waals surface area contributed by atoms with Crippen LogP contribution in [0, 0.1) is 12.3 Å². The predicted octanol–water partition coefficient (Wildman–Crippen LogP) is 3.78. The molecular weight excluding hydrogens is 352 g/mol. The third kappa shape index (κ3) is 3.53. The van der Waals surface area contributed by atoms with Crippen LogP contribution in [0.3, 0.4) is 0 Å². The molecule has 0 saturated carbocycles. The minimum atomic E-state index is -0.356. The summed E-state index contributed by atoms with van der Waals surface area (Å²) in [4.78, 5) is 41.2. The van der Waals surface area contributed by atoms with Crippen LogP contribution in [0.2, 0.25) is 0 Å². The van der Waals surface area contributed by atoms with Crippen molar-refractivity contribution in [3.05, 3.63) is 63.1 Å². The van der Waals surface area contributed by atoms with Gasteiger partial charge in [0.15, 0.2) is 5.78 Å². The molecule has 5 nitrogen and oxygen atoms in total. The summed E-state index contributed by atoms with van der Waals surface area (Å²) < 4.78 is 1.45. The topological polar surface area (TPSA) is 59.4 Å². The maximum Gasteiger partial charge on any atom is 0.268 e. The van der Waals surface area contributed by atoms with E-state index in [9.17, 15) is 14.4 Å². The standard InChI is InChI=1S/C23H28N2O3/c1-6-24(7-2)21(27)20-17-12-23(4,5)13-19(26)18(17)14-25(22(20)28)16-10-8-15(3)9-11-16/h8-11,14H,6-7,12-13H2,1-5H3. The molecule has 0 aliphatic heterocycles. The summed E-state index contributed by atoms with van der Waals surface area (Å²) in [7, 11) is 0. The highest BCUT2D eigenvalue weighted by atomic mass is 16.2. The van der Waals surface area contributed by atoms with Crippen molar-refractivity contribution >= 4 is 11.7 Å². The zero-order chi connectivity index (χ0) is 20.6. The predicted molar refractivity (Wildman–Crippen MR) is 110 cm³/mol. The fourth-order valence-corrected chi connectivity index (χ4v) is 3.93. The van der Waals surface area contributed by atoms with E-state index >= 15 is 0 Å². The smallest absolute Gasteiger partial charge is 0.268 e. The molecular formula is C23H28N2O3. The molecule has 0 radical (unpaired) electrons. The molecule has 0 saturated heterocycles. The lowest BCUT2D eigenvalue weighted by atomic mass is 9.73. The number of hydrogen-bond donors (Lipinski definition) is 0. The van der Waals surface area contributed by atoms with E-state index in [0.717, 1.165) is 5.56 Å². The number of carbonyl (C=O) groups is 2. The first kappa shape index (κ1) is 20.1. The van der Waals surface area contributed by atoms with Crippen LogP contribution in [0.4, 0.5) is 0 Å². The average Bonchev–Trinajstić information content (AvgIpc) is 2.62. The Labute approximate surface area is 166 Å². The highest BCUT2D eigenvalue weighted by molar-refractivity contribution is 6.04. The number of Topliss-reactive ketones (excluding diaryl/α,β-unsaturated/α-hetero) is 1. The van der Waals surface area contributed by atoms with Crippen LogP contribution in [0.25, 0.3) is 5.69 Å². The minimum Gasteiger partial charge on any atom is -0.339 e. The Morgan fingerprint density at radius 2 is 1.68 bits per heavy atom. The Morgan fingerprint density at radius 3 is 2.25 bits per heavy atom. The molecule has 28 heavy (non-hydrogen) atoms. The van der Waals surface area contributed by atoms with E-state index in [4.69, 9.17) is 0 Å². The molecule has 148 valence electrons. The fourth-order valence-electron chi connectivity index (χ4n) is 3.93. The van der Waals surface area contributed by atoms with Gasteiger partial charge < -0.3 is 4.90 Å². The summed E-state index contributed by atoms with van der Waals surface area (Å²) in [6.07, 6.45) is 2.57. The van der Waals surface area contributed by atoms with E-state index in [2.05, 4.69) is 0 Å². The van der Waals surface area contributed by atoms with Gasteiger partial charge in [0.05, 0.1) is 0 Å². The maximum absolute atomic E-state index is 13.4. The molecule has 1 aromatic heterocycles. The van der Waals surface area contributed by atoms with Gasteiger partial charge in [0.2, 0.25) is 0 Å². The van der Waals surface area contributed by atoms with Crippen LogP contribution in [0.15, 0.2) is 35.3 Å². The monoisotopic (exact) mass is 380 g/mol. The van der Waals surface area contributed by atoms with Gasteiger partial charge in [0.25, 0.3) is 11.5 Å². The molecule has 0 bridgehead atoms. The van der Waals surface area contributed by atoms with Crippen LogP contribution >= 0.6 is 0 Å². The van der Waals surface area contributed by atoms with Gasteiger partial charge >= 0.3 is 0 Å². The summed E-state index contributed by atoms with van der Waals surface area (Å²) in [6.45, 7) is 10.8. The number of aromatic nitrogens is 1. The Hall–Kier alpha value is -2.69. The maximum atomic E-state index is 13.4. The number of benzene rings is 1. The molecule has 1 aromatic carbocycles. The third-order valence-electron chi connectivity index (χ3n) is 5.49. The van der Waals surface area contributed by atoms with Gasteiger partial charge in [-0.3, -0.25) is 19.0 Å². The molecule has 2 aromatic rings. The van der Waals surface area contributed by atoms with Gasteiger partial charge in [0.1, 0.15) is 5.56 Å². The van der Waals surface area contributed by atoms with E-state index in [-0.39, 0.29) is 28.2 Å². The van der Waals surface area contributed by atoms with Crippen molar-refractivity contribution in [2.24, 2.45) is 5.41 Å². The van der Waals surface area contributed by atoms with Crippen molar-refractivity contribution < 1.29 is 9.59 Å². The largest absolute Gasteiger partial charge is 0.339 e. The van der Waals surface area contributed by atoms with E-state index in [1.807, 2.05) is 58.9 Å². The van der Waals surface area contributed by atoms with E-state index in [0.29, 0.717) is 42.7 Å². The van der Waals surface area contributed by atoms with E-state index < -0.39 is 0 Å².